The van der Waals surface area contributed by atoms with Crippen LogP contribution >= 0.6 is 43.2 Å². The van der Waals surface area contributed by atoms with E-state index in [2.05, 4.69) is 44.0 Å². The van der Waals surface area contributed by atoms with Crippen LogP contribution in [0.25, 0.3) is 31.3 Å². The lowest BCUT2D eigenvalue weighted by Gasteiger charge is -2.04. The molecule has 4 aromatic rings. The van der Waals surface area contributed by atoms with Crippen molar-refractivity contribution in [3.05, 3.63) is 73.7 Å². The lowest BCUT2D eigenvalue weighted by molar-refractivity contribution is -0.384. The molecule has 1 aromatic heterocycles. The van der Waals surface area contributed by atoms with Crippen molar-refractivity contribution in [2.75, 3.05) is 0 Å². The topological polar surface area (TPSA) is 43.1 Å². The summed E-state index contributed by atoms with van der Waals surface area (Å²) in [5.74, 6) is 0. The Labute approximate surface area is 158 Å². The fourth-order valence-electron chi connectivity index (χ4n) is 2.82. The Kier molecular flexibility index (Phi) is 3.90. The van der Waals surface area contributed by atoms with E-state index in [0.717, 1.165) is 14.7 Å². The van der Waals surface area contributed by atoms with Gasteiger partial charge in [0.25, 0.3) is 5.69 Å². The van der Waals surface area contributed by atoms with Gasteiger partial charge in [-0.15, -0.1) is 11.3 Å². The van der Waals surface area contributed by atoms with E-state index < -0.39 is 0 Å². The summed E-state index contributed by atoms with van der Waals surface area (Å²) in [4.78, 5) is 11.0. The average Bonchev–Trinajstić information content (AvgIpc) is 2.91. The summed E-state index contributed by atoms with van der Waals surface area (Å²) in [5, 5.41) is 13.7. The lowest BCUT2D eigenvalue weighted by atomic mass is 10.0. The fourth-order valence-corrected chi connectivity index (χ4v) is 4.86. The molecule has 0 bridgehead atoms. The molecule has 0 N–H and O–H groups in total. The minimum absolute atomic E-state index is 0.104. The molecule has 3 aromatic carbocycles. The standard InChI is InChI=1S/C18H9Br2NO2S/c19-11-2-5-13(16(8-11)21(22)23)10-1-4-14-15-6-3-12(20)9-18(15)24-17(14)7-10/h1-9H. The van der Waals surface area contributed by atoms with E-state index in [9.17, 15) is 10.1 Å². The van der Waals surface area contributed by atoms with Crippen molar-refractivity contribution in [1.29, 1.82) is 0 Å². The van der Waals surface area contributed by atoms with Crippen LogP contribution in [0.3, 0.4) is 0 Å². The van der Waals surface area contributed by atoms with Crippen LogP contribution in [0.5, 0.6) is 0 Å². The Morgan fingerprint density at radius 1 is 0.833 bits per heavy atom. The number of thiophene rings is 1. The number of nitrogens with zero attached hydrogens (tertiary/aromatic N) is 1. The molecule has 0 radical (unpaired) electrons. The first kappa shape index (κ1) is 15.7. The van der Waals surface area contributed by atoms with Crippen molar-refractivity contribution in [2.24, 2.45) is 0 Å². The summed E-state index contributed by atoms with van der Waals surface area (Å²) in [6.07, 6.45) is 0. The highest BCUT2D eigenvalue weighted by Gasteiger charge is 2.16. The van der Waals surface area contributed by atoms with E-state index in [0.29, 0.717) is 10.0 Å². The third kappa shape index (κ3) is 2.64. The van der Waals surface area contributed by atoms with Gasteiger partial charge in [-0.1, -0.05) is 50.1 Å². The number of halogens is 2. The Hall–Kier alpha value is -1.76. The second kappa shape index (κ2) is 5.95. The molecular formula is C18H9Br2NO2S. The number of hydrogen-bond acceptors (Lipinski definition) is 3. The van der Waals surface area contributed by atoms with Crippen LogP contribution < -0.4 is 0 Å². The van der Waals surface area contributed by atoms with Gasteiger partial charge in [0.05, 0.1) is 10.5 Å². The van der Waals surface area contributed by atoms with Crippen LogP contribution in [0, 0.1) is 10.1 Å². The maximum Gasteiger partial charge on any atom is 0.278 e. The zero-order chi connectivity index (χ0) is 16.8. The van der Waals surface area contributed by atoms with E-state index >= 15 is 0 Å². The number of rotatable bonds is 2. The maximum atomic E-state index is 11.4. The van der Waals surface area contributed by atoms with E-state index in [1.165, 1.54) is 15.5 Å². The Morgan fingerprint density at radius 2 is 1.46 bits per heavy atom. The second-order valence-corrected chi connectivity index (χ2v) is 8.29. The lowest BCUT2D eigenvalue weighted by Crippen LogP contribution is -1.91. The van der Waals surface area contributed by atoms with Crippen molar-refractivity contribution in [2.45, 2.75) is 0 Å². The molecule has 0 saturated carbocycles. The molecule has 118 valence electrons. The van der Waals surface area contributed by atoms with Crippen LogP contribution in [0.4, 0.5) is 5.69 Å². The van der Waals surface area contributed by atoms with Gasteiger partial charge in [0.2, 0.25) is 0 Å². The predicted octanol–water partition coefficient (Wildman–Crippen LogP) is 7.15. The largest absolute Gasteiger partial charge is 0.278 e. The molecule has 0 aliphatic heterocycles. The molecule has 0 saturated heterocycles. The molecule has 3 nitrogen and oxygen atoms in total. The van der Waals surface area contributed by atoms with Gasteiger partial charge in [-0.05, 0) is 35.9 Å². The minimum atomic E-state index is -0.341. The van der Waals surface area contributed by atoms with Gasteiger partial charge in [-0.2, -0.15) is 0 Å². The second-order valence-electron chi connectivity index (χ2n) is 5.37. The fraction of sp³-hybridized carbons (Fsp3) is 0. The summed E-state index contributed by atoms with van der Waals surface area (Å²) in [6, 6.07) is 17.4. The quantitative estimate of drug-likeness (QED) is 0.234. The van der Waals surface area contributed by atoms with Crippen molar-refractivity contribution in [3.63, 3.8) is 0 Å². The van der Waals surface area contributed by atoms with Gasteiger partial charge < -0.3 is 0 Å². The third-order valence-electron chi connectivity index (χ3n) is 3.90. The Morgan fingerprint density at radius 3 is 2.21 bits per heavy atom. The smallest absolute Gasteiger partial charge is 0.258 e. The SMILES string of the molecule is O=[N+]([O-])c1cc(Br)ccc1-c1ccc2c(c1)sc1cc(Br)ccc12. The van der Waals surface area contributed by atoms with Gasteiger partial charge in [-0.25, -0.2) is 0 Å². The number of benzene rings is 3. The van der Waals surface area contributed by atoms with Crippen molar-refractivity contribution in [3.8, 4) is 11.1 Å². The predicted molar refractivity (Wildman–Crippen MR) is 107 cm³/mol. The maximum absolute atomic E-state index is 11.4. The molecular weight excluding hydrogens is 454 g/mol. The molecule has 0 atom stereocenters. The van der Waals surface area contributed by atoms with Crippen molar-refractivity contribution < 1.29 is 4.92 Å². The summed E-state index contributed by atoms with van der Waals surface area (Å²) in [7, 11) is 0. The van der Waals surface area contributed by atoms with E-state index in [-0.39, 0.29) is 10.6 Å². The Balaban J connectivity index is 1.96. The molecule has 0 spiro atoms. The zero-order valence-corrected chi connectivity index (χ0v) is 16.1. The molecule has 0 unspecified atom stereocenters. The first-order chi connectivity index (χ1) is 11.5. The van der Waals surface area contributed by atoms with Gasteiger partial charge in [0, 0.05) is 35.2 Å². The van der Waals surface area contributed by atoms with Gasteiger partial charge in [0.1, 0.15) is 0 Å². The third-order valence-corrected chi connectivity index (χ3v) is 6.00. The van der Waals surface area contributed by atoms with E-state index in [4.69, 9.17) is 0 Å². The number of fused-ring (bicyclic) bond motifs is 3. The number of hydrogen-bond donors (Lipinski definition) is 0. The van der Waals surface area contributed by atoms with Crippen molar-refractivity contribution >= 4 is 69.1 Å². The van der Waals surface area contributed by atoms with Crippen LogP contribution in [0.2, 0.25) is 0 Å². The van der Waals surface area contributed by atoms with E-state index in [1.807, 2.05) is 30.3 Å². The van der Waals surface area contributed by atoms with Gasteiger partial charge in [-0.3, -0.25) is 10.1 Å². The molecule has 4 rings (SSSR count). The first-order valence-corrected chi connectivity index (χ1v) is 9.49. The van der Waals surface area contributed by atoms with Gasteiger partial charge in [0.15, 0.2) is 0 Å². The van der Waals surface area contributed by atoms with Crippen molar-refractivity contribution in [1.82, 2.24) is 0 Å². The highest BCUT2D eigenvalue weighted by Crippen LogP contribution is 2.39. The zero-order valence-electron chi connectivity index (χ0n) is 12.1. The number of nitro groups is 1. The summed E-state index contributed by atoms with van der Waals surface area (Å²) in [6.45, 7) is 0. The first-order valence-electron chi connectivity index (χ1n) is 7.09. The molecule has 6 heteroatoms. The number of nitro benzene ring substituents is 1. The minimum Gasteiger partial charge on any atom is -0.258 e. The van der Waals surface area contributed by atoms with Crippen LogP contribution in [-0.2, 0) is 0 Å². The molecule has 1 heterocycles. The van der Waals surface area contributed by atoms with Crippen LogP contribution in [-0.4, -0.2) is 4.92 Å². The van der Waals surface area contributed by atoms with Gasteiger partial charge >= 0.3 is 0 Å². The highest BCUT2D eigenvalue weighted by atomic mass is 79.9. The average molecular weight is 463 g/mol. The molecule has 0 aliphatic rings. The van der Waals surface area contributed by atoms with Crippen LogP contribution in [0.1, 0.15) is 0 Å². The molecule has 0 aliphatic carbocycles. The normalized spacial score (nSPS) is 11.2. The van der Waals surface area contributed by atoms with Crippen LogP contribution in [0.15, 0.2) is 63.5 Å². The molecule has 0 amide bonds. The molecule has 0 fully saturated rings. The Bertz CT molecular complexity index is 1120. The van der Waals surface area contributed by atoms with E-state index in [1.54, 1.807) is 23.5 Å². The highest BCUT2D eigenvalue weighted by molar-refractivity contribution is 9.10. The summed E-state index contributed by atoms with van der Waals surface area (Å²) in [5.41, 5.74) is 1.59. The monoisotopic (exact) mass is 461 g/mol. The molecule has 24 heavy (non-hydrogen) atoms. The summed E-state index contributed by atoms with van der Waals surface area (Å²) < 4.78 is 4.07. The summed E-state index contributed by atoms with van der Waals surface area (Å²) >= 11 is 8.49.